The fourth-order valence-corrected chi connectivity index (χ4v) is 2.06. The molecule has 1 atom stereocenters. The van der Waals surface area contributed by atoms with Gasteiger partial charge in [-0.25, -0.2) is 0 Å². The van der Waals surface area contributed by atoms with Crippen molar-refractivity contribution in [1.82, 2.24) is 15.5 Å². The third-order valence-corrected chi connectivity index (χ3v) is 3.52. The largest absolute Gasteiger partial charge is 0.383 e. The summed E-state index contributed by atoms with van der Waals surface area (Å²) in [6.07, 6.45) is 1.07. The van der Waals surface area contributed by atoms with Gasteiger partial charge in [0.15, 0.2) is 5.82 Å². The van der Waals surface area contributed by atoms with Crippen LogP contribution in [0.15, 0.2) is 12.1 Å². The van der Waals surface area contributed by atoms with Gasteiger partial charge in [-0.2, -0.15) is 5.10 Å². The van der Waals surface area contributed by atoms with E-state index in [-0.39, 0.29) is 0 Å². The lowest BCUT2D eigenvalue weighted by Crippen LogP contribution is -2.36. The molecular formula is C16H30N4O. The van der Waals surface area contributed by atoms with Crippen LogP contribution in [0.25, 0.3) is 0 Å². The summed E-state index contributed by atoms with van der Waals surface area (Å²) < 4.78 is 5.19. The highest BCUT2D eigenvalue weighted by Crippen LogP contribution is 2.15. The molecule has 1 N–H and O–H groups in total. The fourth-order valence-electron chi connectivity index (χ4n) is 2.06. The molecule has 0 saturated carbocycles. The number of nitrogens with zero attached hydrogens (tertiary/aromatic N) is 3. The van der Waals surface area contributed by atoms with Crippen molar-refractivity contribution in [3.05, 3.63) is 17.8 Å². The van der Waals surface area contributed by atoms with Crippen LogP contribution in [0.1, 0.15) is 39.8 Å². The van der Waals surface area contributed by atoms with Gasteiger partial charge in [0.2, 0.25) is 0 Å². The SMILES string of the molecule is CCC(C)N(CCOC)c1ccc(CNCC(C)C)nn1. The Bertz CT molecular complexity index is 380. The van der Waals surface area contributed by atoms with Gasteiger partial charge in [-0.1, -0.05) is 20.8 Å². The highest BCUT2D eigenvalue weighted by atomic mass is 16.5. The highest BCUT2D eigenvalue weighted by Gasteiger charge is 2.14. The summed E-state index contributed by atoms with van der Waals surface area (Å²) >= 11 is 0. The second kappa shape index (κ2) is 9.68. The first kappa shape index (κ1) is 17.9. The van der Waals surface area contributed by atoms with E-state index in [2.05, 4.69) is 60.2 Å². The lowest BCUT2D eigenvalue weighted by atomic mass is 10.2. The van der Waals surface area contributed by atoms with E-state index in [0.29, 0.717) is 18.6 Å². The zero-order valence-corrected chi connectivity index (χ0v) is 14.1. The minimum atomic E-state index is 0.430. The smallest absolute Gasteiger partial charge is 0.151 e. The van der Waals surface area contributed by atoms with Crippen molar-refractivity contribution in [3.63, 3.8) is 0 Å². The van der Waals surface area contributed by atoms with Crippen LogP contribution in [0.2, 0.25) is 0 Å². The molecule has 1 aromatic heterocycles. The molecule has 5 nitrogen and oxygen atoms in total. The summed E-state index contributed by atoms with van der Waals surface area (Å²) in [5.74, 6) is 1.57. The summed E-state index contributed by atoms with van der Waals surface area (Å²) in [6.45, 7) is 12.1. The Kier molecular flexibility index (Phi) is 8.23. The van der Waals surface area contributed by atoms with Crippen LogP contribution in [0.3, 0.4) is 0 Å². The lowest BCUT2D eigenvalue weighted by molar-refractivity contribution is 0.203. The molecule has 0 aliphatic carbocycles. The van der Waals surface area contributed by atoms with Crippen LogP contribution in [-0.4, -0.2) is 43.0 Å². The Morgan fingerprint density at radius 2 is 2.00 bits per heavy atom. The molecule has 0 aliphatic heterocycles. The monoisotopic (exact) mass is 294 g/mol. The molecule has 0 spiro atoms. The first-order valence-corrected chi connectivity index (χ1v) is 7.87. The van der Waals surface area contributed by atoms with Crippen LogP contribution < -0.4 is 10.2 Å². The summed E-state index contributed by atoms with van der Waals surface area (Å²) in [5, 5.41) is 12.1. The van der Waals surface area contributed by atoms with Gasteiger partial charge >= 0.3 is 0 Å². The van der Waals surface area contributed by atoms with Gasteiger partial charge in [0, 0.05) is 26.2 Å². The molecule has 1 aromatic rings. The molecule has 5 heteroatoms. The molecule has 0 aliphatic rings. The summed E-state index contributed by atoms with van der Waals surface area (Å²) in [4.78, 5) is 2.25. The highest BCUT2D eigenvalue weighted by molar-refractivity contribution is 5.38. The van der Waals surface area contributed by atoms with E-state index in [1.807, 2.05) is 0 Å². The van der Waals surface area contributed by atoms with Crippen LogP contribution in [-0.2, 0) is 11.3 Å². The van der Waals surface area contributed by atoms with Crippen molar-refractivity contribution in [3.8, 4) is 0 Å². The number of hydrogen-bond donors (Lipinski definition) is 1. The summed E-state index contributed by atoms with van der Waals surface area (Å²) in [6, 6.07) is 4.54. The van der Waals surface area contributed by atoms with Gasteiger partial charge in [-0.3, -0.25) is 0 Å². The zero-order valence-electron chi connectivity index (χ0n) is 14.1. The molecule has 0 aromatic carbocycles. The predicted octanol–water partition coefficient (Wildman–Crippen LogP) is 2.47. The first-order valence-electron chi connectivity index (χ1n) is 7.87. The Morgan fingerprint density at radius 3 is 2.52 bits per heavy atom. The molecule has 0 amide bonds. The number of aromatic nitrogens is 2. The molecule has 21 heavy (non-hydrogen) atoms. The molecule has 1 rings (SSSR count). The topological polar surface area (TPSA) is 50.3 Å². The molecule has 1 unspecified atom stereocenters. The lowest BCUT2D eigenvalue weighted by Gasteiger charge is -2.29. The first-order chi connectivity index (χ1) is 10.1. The van der Waals surface area contributed by atoms with Crippen molar-refractivity contribution < 1.29 is 4.74 Å². The zero-order chi connectivity index (χ0) is 15.7. The van der Waals surface area contributed by atoms with E-state index in [0.717, 1.165) is 37.6 Å². The van der Waals surface area contributed by atoms with E-state index in [1.165, 1.54) is 0 Å². The minimum absolute atomic E-state index is 0.430. The molecule has 0 radical (unpaired) electrons. The number of hydrogen-bond acceptors (Lipinski definition) is 5. The standard InChI is InChI=1S/C16H30N4O/c1-6-14(4)20(9-10-21-5)16-8-7-15(18-19-16)12-17-11-13(2)3/h7-8,13-14,17H,6,9-12H2,1-5H3. The van der Waals surface area contributed by atoms with Gasteiger partial charge < -0.3 is 15.0 Å². The molecule has 0 saturated heterocycles. The minimum Gasteiger partial charge on any atom is -0.383 e. The molecule has 0 fully saturated rings. The van der Waals surface area contributed by atoms with E-state index >= 15 is 0 Å². The Morgan fingerprint density at radius 1 is 1.24 bits per heavy atom. The van der Waals surface area contributed by atoms with Gasteiger partial charge in [0.1, 0.15) is 0 Å². The molecule has 0 bridgehead atoms. The molecule has 120 valence electrons. The second-order valence-electron chi connectivity index (χ2n) is 5.85. The summed E-state index contributed by atoms with van der Waals surface area (Å²) in [5.41, 5.74) is 0.982. The maximum absolute atomic E-state index is 5.19. The van der Waals surface area contributed by atoms with Gasteiger partial charge in [-0.15, -0.1) is 5.10 Å². The van der Waals surface area contributed by atoms with Crippen LogP contribution in [0, 0.1) is 5.92 Å². The van der Waals surface area contributed by atoms with Gasteiger partial charge in [0.05, 0.1) is 12.3 Å². The second-order valence-corrected chi connectivity index (χ2v) is 5.85. The van der Waals surface area contributed by atoms with Crippen molar-refractivity contribution in [2.45, 2.75) is 46.7 Å². The van der Waals surface area contributed by atoms with Crippen molar-refractivity contribution in [1.29, 1.82) is 0 Å². The van der Waals surface area contributed by atoms with Crippen LogP contribution >= 0.6 is 0 Å². The Labute approximate surface area is 129 Å². The van der Waals surface area contributed by atoms with Gasteiger partial charge in [0.25, 0.3) is 0 Å². The average Bonchev–Trinajstić information content (AvgIpc) is 2.48. The van der Waals surface area contributed by atoms with E-state index in [9.17, 15) is 0 Å². The van der Waals surface area contributed by atoms with Crippen molar-refractivity contribution >= 4 is 5.82 Å². The van der Waals surface area contributed by atoms with E-state index in [1.54, 1.807) is 7.11 Å². The summed E-state index contributed by atoms with van der Waals surface area (Å²) in [7, 11) is 1.73. The third kappa shape index (κ3) is 6.40. The van der Waals surface area contributed by atoms with Crippen molar-refractivity contribution in [2.75, 3.05) is 31.7 Å². The quantitative estimate of drug-likeness (QED) is 0.718. The number of rotatable bonds is 10. The Balaban J connectivity index is 2.64. The maximum atomic E-state index is 5.19. The number of ether oxygens (including phenoxy) is 1. The molecular weight excluding hydrogens is 264 g/mol. The maximum Gasteiger partial charge on any atom is 0.151 e. The Hall–Kier alpha value is -1.20. The predicted molar refractivity (Wildman–Crippen MR) is 87.6 cm³/mol. The fraction of sp³-hybridized carbons (Fsp3) is 0.750. The van der Waals surface area contributed by atoms with Crippen LogP contribution in [0.5, 0.6) is 0 Å². The van der Waals surface area contributed by atoms with E-state index in [4.69, 9.17) is 4.74 Å². The van der Waals surface area contributed by atoms with Crippen molar-refractivity contribution in [2.24, 2.45) is 5.92 Å². The number of methoxy groups -OCH3 is 1. The normalized spacial score (nSPS) is 12.7. The number of nitrogens with one attached hydrogen (secondary N) is 1. The van der Waals surface area contributed by atoms with E-state index < -0.39 is 0 Å². The van der Waals surface area contributed by atoms with Crippen LogP contribution in [0.4, 0.5) is 5.82 Å². The average molecular weight is 294 g/mol. The van der Waals surface area contributed by atoms with Gasteiger partial charge in [-0.05, 0) is 37.9 Å². The molecule has 1 heterocycles. The third-order valence-electron chi connectivity index (χ3n) is 3.52. The number of anilines is 1.